The van der Waals surface area contributed by atoms with Gasteiger partial charge < -0.3 is 14.6 Å². The molecule has 4 nitrogen and oxygen atoms in total. The average molecular weight is 370 g/mol. The van der Waals surface area contributed by atoms with Crippen LogP contribution in [0.5, 0.6) is 5.75 Å². The first-order chi connectivity index (χ1) is 12.3. The van der Waals surface area contributed by atoms with Crippen molar-refractivity contribution in [3.05, 3.63) is 64.8 Å². The van der Waals surface area contributed by atoms with Crippen LogP contribution in [0.25, 0.3) is 5.00 Å². The fourth-order valence-corrected chi connectivity index (χ4v) is 5.42. The number of benzene rings is 1. The molecule has 0 atom stereocenters. The van der Waals surface area contributed by atoms with Crippen LogP contribution in [-0.4, -0.2) is 23.3 Å². The minimum atomic E-state index is -0.0433. The summed E-state index contributed by atoms with van der Waals surface area (Å²) >= 11 is 3.66. The number of nitrogens with one attached hydrogen (secondary N) is 1. The van der Waals surface area contributed by atoms with Gasteiger partial charge in [0.15, 0.2) is 0 Å². The van der Waals surface area contributed by atoms with Crippen LogP contribution in [0.4, 0.5) is 5.69 Å². The molecule has 0 bridgehead atoms. The largest absolute Gasteiger partial charge is 0.497 e. The van der Waals surface area contributed by atoms with E-state index in [-0.39, 0.29) is 5.91 Å². The van der Waals surface area contributed by atoms with Gasteiger partial charge in [-0.15, -0.1) is 11.3 Å². The van der Waals surface area contributed by atoms with Crippen molar-refractivity contribution in [2.45, 2.75) is 12.2 Å². The van der Waals surface area contributed by atoms with E-state index < -0.39 is 0 Å². The van der Waals surface area contributed by atoms with Gasteiger partial charge in [-0.3, -0.25) is 4.79 Å². The first-order valence-electron chi connectivity index (χ1n) is 8.07. The van der Waals surface area contributed by atoms with E-state index in [0.29, 0.717) is 0 Å². The third-order valence-corrected chi connectivity index (χ3v) is 6.63. The molecule has 0 aliphatic carbocycles. The Morgan fingerprint density at radius 1 is 1.20 bits per heavy atom. The lowest BCUT2D eigenvalue weighted by Gasteiger charge is -2.13. The van der Waals surface area contributed by atoms with Crippen LogP contribution in [-0.2, 0) is 12.2 Å². The Kier molecular flexibility index (Phi) is 4.55. The van der Waals surface area contributed by atoms with Crippen LogP contribution < -0.4 is 10.1 Å². The van der Waals surface area contributed by atoms with E-state index >= 15 is 0 Å². The number of carbonyl (C=O) groups is 1. The van der Waals surface area contributed by atoms with Crippen molar-refractivity contribution < 1.29 is 9.53 Å². The molecule has 0 fully saturated rings. The summed E-state index contributed by atoms with van der Waals surface area (Å²) in [7, 11) is 1.63. The third-order valence-electron chi connectivity index (χ3n) is 4.22. The molecule has 0 unspecified atom stereocenters. The van der Waals surface area contributed by atoms with Crippen molar-refractivity contribution >= 4 is 34.7 Å². The van der Waals surface area contributed by atoms with Crippen molar-refractivity contribution in [3.63, 3.8) is 0 Å². The molecule has 0 saturated heterocycles. The maximum Gasteiger partial charge on any atom is 0.258 e. The van der Waals surface area contributed by atoms with Gasteiger partial charge in [-0.2, -0.15) is 11.8 Å². The molecular formula is C19H18N2O2S2. The standard InChI is InChI=1S/C19H18N2O2S2/c1-23-14-6-4-13(5-7-14)20-18(22)17-15-8-11-24-12-16(15)25-19(17)21-9-2-3-10-21/h2-7,9-10H,8,11-12H2,1H3,(H,20,22). The topological polar surface area (TPSA) is 43.3 Å². The van der Waals surface area contributed by atoms with Gasteiger partial charge >= 0.3 is 0 Å². The summed E-state index contributed by atoms with van der Waals surface area (Å²) in [5.74, 6) is 2.79. The fourth-order valence-electron chi connectivity index (χ4n) is 2.97. The minimum absolute atomic E-state index is 0.0433. The molecule has 2 aromatic heterocycles. The second-order valence-corrected chi connectivity index (χ2v) is 7.95. The zero-order valence-corrected chi connectivity index (χ0v) is 15.5. The fraction of sp³-hybridized carbons (Fsp3) is 0.211. The Morgan fingerprint density at radius 3 is 2.68 bits per heavy atom. The average Bonchev–Trinajstić information content (AvgIpc) is 3.29. The van der Waals surface area contributed by atoms with Gasteiger partial charge in [-0.25, -0.2) is 0 Å². The molecular weight excluding hydrogens is 352 g/mol. The maximum absolute atomic E-state index is 13.1. The van der Waals surface area contributed by atoms with Gasteiger partial charge in [0, 0.05) is 28.7 Å². The number of fused-ring (bicyclic) bond motifs is 1. The lowest BCUT2D eigenvalue weighted by Crippen LogP contribution is -2.16. The van der Waals surface area contributed by atoms with Crippen LogP contribution >= 0.6 is 23.1 Å². The molecule has 1 aromatic carbocycles. The highest BCUT2D eigenvalue weighted by atomic mass is 32.2. The highest BCUT2D eigenvalue weighted by molar-refractivity contribution is 7.98. The van der Waals surface area contributed by atoms with Crippen molar-refractivity contribution in [2.24, 2.45) is 0 Å². The van der Waals surface area contributed by atoms with Crippen LogP contribution in [0.15, 0.2) is 48.8 Å². The molecule has 0 saturated carbocycles. The summed E-state index contributed by atoms with van der Waals surface area (Å²) in [5.41, 5.74) is 2.79. The lowest BCUT2D eigenvalue weighted by molar-refractivity contribution is 0.102. The number of thioether (sulfide) groups is 1. The number of methoxy groups -OCH3 is 1. The second-order valence-electron chi connectivity index (χ2n) is 5.76. The number of thiophene rings is 1. The van der Waals surface area contributed by atoms with E-state index in [1.807, 2.05) is 65.1 Å². The molecule has 0 radical (unpaired) electrons. The Morgan fingerprint density at radius 2 is 1.96 bits per heavy atom. The van der Waals surface area contributed by atoms with E-state index in [2.05, 4.69) is 5.32 Å². The summed E-state index contributed by atoms with van der Waals surface area (Å²) in [6.45, 7) is 0. The molecule has 25 heavy (non-hydrogen) atoms. The van der Waals surface area contributed by atoms with Crippen molar-refractivity contribution in [1.82, 2.24) is 4.57 Å². The SMILES string of the molecule is COc1ccc(NC(=O)c2c(-n3cccc3)sc3c2CCSC3)cc1. The van der Waals surface area contributed by atoms with E-state index in [4.69, 9.17) is 4.74 Å². The molecule has 6 heteroatoms. The normalized spacial score (nSPS) is 13.3. The number of anilines is 1. The smallest absolute Gasteiger partial charge is 0.258 e. The number of rotatable bonds is 4. The Bertz CT molecular complexity index is 883. The Labute approximate surface area is 154 Å². The zero-order valence-electron chi connectivity index (χ0n) is 13.8. The highest BCUT2D eigenvalue weighted by Crippen LogP contribution is 2.38. The number of nitrogens with zero attached hydrogens (tertiary/aromatic N) is 1. The lowest BCUT2D eigenvalue weighted by atomic mass is 10.1. The highest BCUT2D eigenvalue weighted by Gasteiger charge is 2.26. The summed E-state index contributed by atoms with van der Waals surface area (Å²) in [4.78, 5) is 14.4. The molecule has 0 spiro atoms. The number of amides is 1. The Balaban J connectivity index is 1.70. The van der Waals surface area contributed by atoms with Gasteiger partial charge in [0.25, 0.3) is 5.91 Å². The maximum atomic E-state index is 13.1. The molecule has 1 aliphatic heterocycles. The number of carbonyl (C=O) groups excluding carboxylic acids is 1. The molecule has 3 heterocycles. The van der Waals surface area contributed by atoms with Gasteiger partial charge in [-0.1, -0.05) is 0 Å². The van der Waals surface area contributed by atoms with Gasteiger partial charge in [0.05, 0.1) is 12.7 Å². The second kappa shape index (κ2) is 6.98. The summed E-state index contributed by atoms with van der Waals surface area (Å²) < 4.78 is 7.21. The van der Waals surface area contributed by atoms with E-state index in [1.165, 1.54) is 10.4 Å². The van der Waals surface area contributed by atoms with Gasteiger partial charge in [0.1, 0.15) is 10.8 Å². The van der Waals surface area contributed by atoms with Crippen LogP contribution in [0, 0.1) is 0 Å². The van der Waals surface area contributed by atoms with Crippen molar-refractivity contribution in [2.75, 3.05) is 18.2 Å². The molecule has 3 aromatic rings. The number of hydrogen-bond acceptors (Lipinski definition) is 4. The van der Waals surface area contributed by atoms with Crippen molar-refractivity contribution in [1.29, 1.82) is 0 Å². The summed E-state index contributed by atoms with van der Waals surface area (Å²) in [6.07, 6.45) is 4.94. The molecule has 128 valence electrons. The molecule has 1 aliphatic rings. The molecule has 1 N–H and O–H groups in total. The third kappa shape index (κ3) is 3.19. The van der Waals surface area contributed by atoms with Crippen LogP contribution in [0.3, 0.4) is 0 Å². The quantitative estimate of drug-likeness (QED) is 0.730. The van der Waals surface area contributed by atoms with Crippen LogP contribution in [0.2, 0.25) is 0 Å². The number of hydrogen-bond donors (Lipinski definition) is 1. The first-order valence-corrected chi connectivity index (χ1v) is 10.0. The van der Waals surface area contributed by atoms with E-state index in [1.54, 1.807) is 18.4 Å². The Hall–Kier alpha value is -2.18. The van der Waals surface area contributed by atoms with Gasteiger partial charge in [-0.05, 0) is 54.1 Å². The van der Waals surface area contributed by atoms with Crippen molar-refractivity contribution in [3.8, 4) is 10.8 Å². The summed E-state index contributed by atoms with van der Waals surface area (Å²) in [6, 6.07) is 11.4. The van der Waals surface area contributed by atoms with Crippen LogP contribution in [0.1, 0.15) is 20.8 Å². The number of aromatic nitrogens is 1. The monoisotopic (exact) mass is 370 g/mol. The minimum Gasteiger partial charge on any atom is -0.497 e. The molecule has 1 amide bonds. The first kappa shape index (κ1) is 16.3. The number of ether oxygens (including phenoxy) is 1. The summed E-state index contributed by atoms with van der Waals surface area (Å²) in [5, 5.41) is 4.04. The van der Waals surface area contributed by atoms with E-state index in [0.717, 1.165) is 39.9 Å². The predicted molar refractivity (Wildman–Crippen MR) is 104 cm³/mol. The van der Waals surface area contributed by atoms with Gasteiger partial charge in [0.2, 0.25) is 0 Å². The molecule has 4 rings (SSSR count). The predicted octanol–water partition coefficient (Wildman–Crippen LogP) is 4.59. The van der Waals surface area contributed by atoms with E-state index in [9.17, 15) is 4.79 Å². The zero-order chi connectivity index (χ0) is 17.2.